The molecular formula is C19H20ClN3O2S. The Morgan fingerprint density at radius 2 is 2.15 bits per heavy atom. The number of Topliss-reactive ketones (excluding diaryl/α,β-unsaturated/α-hetero) is 1. The Balaban J connectivity index is 1.96. The molecule has 2 heterocycles. The molecule has 1 N–H and O–H groups in total. The average Bonchev–Trinajstić information content (AvgIpc) is 3.13. The second-order valence-corrected chi connectivity index (χ2v) is 7.87. The number of thioether (sulfide) groups is 1. The van der Waals surface area contributed by atoms with Gasteiger partial charge in [-0.15, -0.1) is 0 Å². The van der Waals surface area contributed by atoms with E-state index in [1.165, 1.54) is 11.8 Å². The molecule has 0 bridgehead atoms. The third-order valence-electron chi connectivity index (χ3n) is 4.04. The van der Waals surface area contributed by atoms with Crippen molar-refractivity contribution >= 4 is 40.0 Å². The highest BCUT2D eigenvalue weighted by molar-refractivity contribution is 7.99. The molecule has 0 aliphatic rings. The lowest BCUT2D eigenvalue weighted by Gasteiger charge is -2.14. The molecular weight excluding hydrogens is 370 g/mol. The average molecular weight is 390 g/mol. The van der Waals surface area contributed by atoms with Crippen molar-refractivity contribution in [2.24, 2.45) is 5.92 Å². The molecule has 0 amide bonds. The monoisotopic (exact) mass is 389 g/mol. The van der Waals surface area contributed by atoms with E-state index in [1.54, 1.807) is 41.1 Å². The fourth-order valence-corrected chi connectivity index (χ4v) is 3.66. The molecule has 26 heavy (non-hydrogen) atoms. The van der Waals surface area contributed by atoms with Crippen LogP contribution in [0.1, 0.15) is 30.8 Å². The molecule has 1 aromatic carbocycles. The summed E-state index contributed by atoms with van der Waals surface area (Å²) in [5, 5.41) is 1.62. The molecule has 0 spiro atoms. The second-order valence-electron chi connectivity index (χ2n) is 6.49. The molecule has 0 aliphatic carbocycles. The smallest absolute Gasteiger partial charge is 0.262 e. The molecule has 7 heteroatoms. The van der Waals surface area contributed by atoms with Gasteiger partial charge in [0, 0.05) is 17.8 Å². The number of fused-ring (bicyclic) bond motifs is 1. The second kappa shape index (κ2) is 8.10. The van der Waals surface area contributed by atoms with Crippen LogP contribution in [0.3, 0.4) is 0 Å². The van der Waals surface area contributed by atoms with E-state index < -0.39 is 0 Å². The Morgan fingerprint density at radius 1 is 1.35 bits per heavy atom. The highest BCUT2D eigenvalue weighted by Gasteiger charge is 2.15. The topological polar surface area (TPSA) is 67.8 Å². The zero-order chi connectivity index (χ0) is 18.7. The van der Waals surface area contributed by atoms with Gasteiger partial charge in [-0.1, -0.05) is 37.2 Å². The Kier molecular flexibility index (Phi) is 5.84. The fourth-order valence-electron chi connectivity index (χ4n) is 2.58. The van der Waals surface area contributed by atoms with E-state index in [0.717, 1.165) is 6.42 Å². The summed E-state index contributed by atoms with van der Waals surface area (Å²) in [5.41, 5.74) is 1.01. The Hall–Kier alpha value is -2.05. The van der Waals surface area contributed by atoms with Crippen LogP contribution < -0.4 is 5.56 Å². The lowest BCUT2D eigenvalue weighted by atomic mass is 10.1. The molecule has 0 radical (unpaired) electrons. The highest BCUT2D eigenvalue weighted by Crippen LogP contribution is 2.22. The van der Waals surface area contributed by atoms with Crippen LogP contribution in [0.25, 0.3) is 10.9 Å². The van der Waals surface area contributed by atoms with Crippen molar-refractivity contribution in [3.63, 3.8) is 0 Å². The standard InChI is InChI=1S/C19H20ClN3O2S/c1-12(2)7-9-23-18(25)14-6-5-13(20)10-16(14)22-19(23)26-11-17(24)15-4-3-8-21-15/h3-6,8,10,12,21H,7,9,11H2,1-2H3. The maximum absolute atomic E-state index is 12.9. The molecule has 0 saturated carbocycles. The summed E-state index contributed by atoms with van der Waals surface area (Å²) < 4.78 is 1.67. The number of benzene rings is 1. The molecule has 3 rings (SSSR count). The number of carbonyl (C=O) groups is 1. The molecule has 0 atom stereocenters. The van der Waals surface area contributed by atoms with Gasteiger partial charge in [0.2, 0.25) is 0 Å². The molecule has 0 aliphatic heterocycles. The number of aromatic nitrogens is 3. The SMILES string of the molecule is CC(C)CCn1c(SCC(=O)c2ccc[nH]2)nc2cc(Cl)ccc2c1=O. The van der Waals surface area contributed by atoms with Gasteiger partial charge in [0.05, 0.1) is 22.3 Å². The van der Waals surface area contributed by atoms with Crippen LogP contribution in [-0.4, -0.2) is 26.1 Å². The Morgan fingerprint density at radius 3 is 2.85 bits per heavy atom. The van der Waals surface area contributed by atoms with Gasteiger partial charge in [0.1, 0.15) is 0 Å². The first-order valence-corrected chi connectivity index (χ1v) is 9.81. The van der Waals surface area contributed by atoms with E-state index in [-0.39, 0.29) is 17.1 Å². The number of nitrogens with one attached hydrogen (secondary N) is 1. The normalized spacial score (nSPS) is 11.4. The molecule has 3 aromatic rings. The summed E-state index contributed by atoms with van der Waals surface area (Å²) in [5.74, 6) is 0.637. The van der Waals surface area contributed by atoms with E-state index in [0.29, 0.717) is 39.2 Å². The maximum Gasteiger partial charge on any atom is 0.262 e. The largest absolute Gasteiger partial charge is 0.359 e. The number of carbonyl (C=O) groups excluding carboxylic acids is 1. The van der Waals surface area contributed by atoms with Gasteiger partial charge in [0.15, 0.2) is 10.9 Å². The van der Waals surface area contributed by atoms with Gasteiger partial charge in [-0.25, -0.2) is 4.98 Å². The maximum atomic E-state index is 12.9. The summed E-state index contributed by atoms with van der Waals surface area (Å²) in [6.45, 7) is 4.79. The van der Waals surface area contributed by atoms with E-state index >= 15 is 0 Å². The molecule has 2 aromatic heterocycles. The minimum Gasteiger partial charge on any atom is -0.359 e. The van der Waals surface area contributed by atoms with E-state index in [4.69, 9.17) is 11.6 Å². The number of H-pyrrole nitrogens is 1. The molecule has 0 fully saturated rings. The third kappa shape index (κ3) is 4.19. The first-order chi connectivity index (χ1) is 12.5. The van der Waals surface area contributed by atoms with Crippen LogP contribution in [0.2, 0.25) is 5.02 Å². The fraction of sp³-hybridized carbons (Fsp3) is 0.316. The van der Waals surface area contributed by atoms with Gasteiger partial charge < -0.3 is 4.98 Å². The predicted molar refractivity (Wildman–Crippen MR) is 106 cm³/mol. The summed E-state index contributed by atoms with van der Waals surface area (Å²) in [7, 11) is 0. The molecule has 0 saturated heterocycles. The molecule has 136 valence electrons. The van der Waals surface area contributed by atoms with Crippen molar-refractivity contribution in [2.75, 3.05) is 5.75 Å². The van der Waals surface area contributed by atoms with Crippen LogP contribution in [-0.2, 0) is 6.54 Å². The van der Waals surface area contributed by atoms with Crippen molar-refractivity contribution in [2.45, 2.75) is 32.0 Å². The number of nitrogens with zero attached hydrogens (tertiary/aromatic N) is 2. The minimum absolute atomic E-state index is 0.0316. The third-order valence-corrected chi connectivity index (χ3v) is 5.25. The van der Waals surface area contributed by atoms with Crippen molar-refractivity contribution in [3.05, 3.63) is 57.6 Å². The molecule has 0 unspecified atom stereocenters. The van der Waals surface area contributed by atoms with Crippen LogP contribution in [0.5, 0.6) is 0 Å². The van der Waals surface area contributed by atoms with Crippen LogP contribution in [0.4, 0.5) is 0 Å². The van der Waals surface area contributed by atoms with Crippen LogP contribution >= 0.6 is 23.4 Å². The van der Waals surface area contributed by atoms with Gasteiger partial charge in [-0.3, -0.25) is 14.2 Å². The van der Waals surface area contributed by atoms with Gasteiger partial charge in [-0.2, -0.15) is 0 Å². The number of ketones is 1. The van der Waals surface area contributed by atoms with Crippen molar-refractivity contribution in [1.29, 1.82) is 0 Å². The van der Waals surface area contributed by atoms with E-state index in [1.807, 2.05) is 0 Å². The van der Waals surface area contributed by atoms with Gasteiger partial charge in [-0.05, 0) is 42.7 Å². The Bertz CT molecular complexity index is 980. The number of halogens is 1. The van der Waals surface area contributed by atoms with E-state index in [9.17, 15) is 9.59 Å². The summed E-state index contributed by atoms with van der Waals surface area (Å²) >= 11 is 7.33. The lowest BCUT2D eigenvalue weighted by Crippen LogP contribution is -2.24. The number of hydrogen-bond acceptors (Lipinski definition) is 4. The number of hydrogen-bond donors (Lipinski definition) is 1. The predicted octanol–water partition coefficient (Wildman–Crippen LogP) is 4.40. The van der Waals surface area contributed by atoms with Crippen LogP contribution in [0.15, 0.2) is 46.5 Å². The first kappa shape index (κ1) is 18.7. The van der Waals surface area contributed by atoms with Crippen molar-refractivity contribution in [1.82, 2.24) is 14.5 Å². The van der Waals surface area contributed by atoms with Gasteiger partial charge >= 0.3 is 0 Å². The van der Waals surface area contributed by atoms with Crippen LogP contribution in [0, 0.1) is 5.92 Å². The first-order valence-electron chi connectivity index (χ1n) is 8.45. The number of aromatic amines is 1. The minimum atomic E-state index is -0.0952. The van der Waals surface area contributed by atoms with Crippen molar-refractivity contribution in [3.8, 4) is 0 Å². The van der Waals surface area contributed by atoms with E-state index in [2.05, 4.69) is 23.8 Å². The lowest BCUT2D eigenvalue weighted by molar-refractivity contribution is 0.101. The Labute approximate surface area is 160 Å². The van der Waals surface area contributed by atoms with Crippen molar-refractivity contribution < 1.29 is 4.79 Å². The molecule has 5 nitrogen and oxygen atoms in total. The zero-order valence-electron chi connectivity index (χ0n) is 14.7. The summed E-state index contributed by atoms with van der Waals surface area (Å²) in [6.07, 6.45) is 2.57. The zero-order valence-corrected chi connectivity index (χ0v) is 16.2. The highest BCUT2D eigenvalue weighted by atomic mass is 35.5. The quantitative estimate of drug-likeness (QED) is 0.369. The van der Waals surface area contributed by atoms with Gasteiger partial charge in [0.25, 0.3) is 5.56 Å². The number of rotatable bonds is 7. The summed E-state index contributed by atoms with van der Waals surface area (Å²) in [4.78, 5) is 32.7. The summed E-state index contributed by atoms with van der Waals surface area (Å²) in [6, 6.07) is 8.61.